The van der Waals surface area contributed by atoms with Crippen LogP contribution >= 0.6 is 0 Å². The second-order valence-electron chi connectivity index (χ2n) is 8.44. The van der Waals surface area contributed by atoms with Crippen LogP contribution in [0.1, 0.15) is 46.0 Å². The Bertz CT molecular complexity index is 326. The van der Waals surface area contributed by atoms with E-state index >= 15 is 0 Å². The van der Waals surface area contributed by atoms with Crippen LogP contribution < -0.4 is 0 Å². The zero-order chi connectivity index (χ0) is 14.9. The fraction of sp³-hybridized carbons (Fsp3) is 1.00. The minimum Gasteiger partial charge on any atom is -0.415 e. The van der Waals surface area contributed by atoms with E-state index in [1.807, 2.05) is 0 Å². The van der Waals surface area contributed by atoms with Crippen molar-refractivity contribution in [2.75, 3.05) is 19.6 Å². The quantitative estimate of drug-likeness (QED) is 0.712. The van der Waals surface area contributed by atoms with Crippen molar-refractivity contribution < 1.29 is 4.43 Å². The fourth-order valence-electron chi connectivity index (χ4n) is 4.04. The molecule has 0 aromatic rings. The van der Waals surface area contributed by atoms with E-state index in [4.69, 9.17) is 4.43 Å². The largest absolute Gasteiger partial charge is 0.415 e. The lowest BCUT2D eigenvalue weighted by atomic mass is 10.1. The summed E-state index contributed by atoms with van der Waals surface area (Å²) in [6, 6.07) is 3.00. The van der Waals surface area contributed by atoms with Gasteiger partial charge in [-0.3, -0.25) is 0 Å². The van der Waals surface area contributed by atoms with Crippen LogP contribution in [-0.4, -0.2) is 45.6 Å². The first kappa shape index (κ1) is 16.7. The van der Waals surface area contributed by atoms with E-state index in [-0.39, 0.29) is 5.60 Å². The van der Waals surface area contributed by atoms with Crippen molar-refractivity contribution in [1.29, 1.82) is 0 Å². The maximum Gasteiger partial charge on any atom is 0.174 e. The van der Waals surface area contributed by atoms with Crippen molar-refractivity contribution in [3.63, 3.8) is 0 Å². The van der Waals surface area contributed by atoms with Gasteiger partial charge in [0.1, 0.15) is 0 Å². The van der Waals surface area contributed by atoms with Gasteiger partial charge in [-0.25, -0.2) is 0 Å². The lowest BCUT2D eigenvalue weighted by molar-refractivity contribution is 0.0930. The summed E-state index contributed by atoms with van der Waals surface area (Å²) in [5.41, 5.74) is 0.148. The van der Waals surface area contributed by atoms with E-state index in [0.717, 1.165) is 0 Å². The molecule has 2 rings (SSSR count). The molecule has 0 N–H and O–H groups in total. The Kier molecular flexibility index (Phi) is 5.21. The van der Waals surface area contributed by atoms with E-state index < -0.39 is 15.4 Å². The van der Waals surface area contributed by atoms with E-state index in [0.29, 0.717) is 0 Å². The summed E-state index contributed by atoms with van der Waals surface area (Å²) in [5, 5.41) is 0. The Morgan fingerprint density at radius 3 is 2.30 bits per heavy atom. The molecule has 1 unspecified atom stereocenters. The second kappa shape index (κ2) is 6.23. The van der Waals surface area contributed by atoms with Gasteiger partial charge in [0.05, 0.1) is 13.2 Å². The van der Waals surface area contributed by atoms with Crippen molar-refractivity contribution in [3.05, 3.63) is 0 Å². The SMILES string of the molecule is CC1(C)CC[Si](C)(CCCN2CCCCC2)[Si](C)(C)O1. The van der Waals surface area contributed by atoms with Gasteiger partial charge in [-0.15, -0.1) is 0 Å². The van der Waals surface area contributed by atoms with Crippen LogP contribution in [0.4, 0.5) is 0 Å². The number of hydrogen-bond donors (Lipinski definition) is 0. The summed E-state index contributed by atoms with van der Waals surface area (Å²) in [5.74, 6) is 0. The van der Waals surface area contributed by atoms with E-state index in [1.165, 1.54) is 63.8 Å². The van der Waals surface area contributed by atoms with Crippen molar-refractivity contribution in [2.45, 2.75) is 83.3 Å². The molecule has 0 saturated carbocycles. The van der Waals surface area contributed by atoms with Crippen LogP contribution in [0.25, 0.3) is 0 Å². The number of likely N-dealkylation sites (tertiary alicyclic amines) is 1. The molecule has 1 atom stereocenters. The molecule has 2 fully saturated rings. The fourth-order valence-corrected chi connectivity index (χ4v) is 15.4. The van der Waals surface area contributed by atoms with Gasteiger partial charge in [-0.2, -0.15) is 0 Å². The predicted molar refractivity (Wildman–Crippen MR) is 93.4 cm³/mol. The number of rotatable bonds is 4. The smallest absolute Gasteiger partial charge is 0.174 e. The highest BCUT2D eigenvalue weighted by molar-refractivity contribution is 7.38. The van der Waals surface area contributed by atoms with Crippen molar-refractivity contribution >= 4 is 15.4 Å². The minimum absolute atomic E-state index is 0.148. The zero-order valence-corrected chi connectivity index (χ0v) is 16.4. The first-order chi connectivity index (χ1) is 9.24. The summed E-state index contributed by atoms with van der Waals surface area (Å²) < 4.78 is 6.61. The monoisotopic (exact) mass is 313 g/mol. The normalized spacial score (nSPS) is 34.0. The first-order valence-electron chi connectivity index (χ1n) is 8.67. The third kappa shape index (κ3) is 3.96. The maximum absolute atomic E-state index is 6.61. The average molecular weight is 314 g/mol. The Balaban J connectivity index is 1.84. The highest BCUT2D eigenvalue weighted by atomic mass is 29.3. The van der Waals surface area contributed by atoms with Crippen molar-refractivity contribution in [1.82, 2.24) is 4.90 Å². The molecule has 0 aromatic heterocycles. The van der Waals surface area contributed by atoms with Crippen LogP contribution in [0.2, 0.25) is 31.7 Å². The first-order valence-corrected chi connectivity index (χ1v) is 15.5. The number of nitrogens with zero attached hydrogens (tertiary/aromatic N) is 1. The van der Waals surface area contributed by atoms with Crippen molar-refractivity contribution in [2.24, 2.45) is 0 Å². The molecule has 0 aromatic carbocycles. The summed E-state index contributed by atoms with van der Waals surface area (Å²) in [6.07, 6.45) is 7.00. The van der Waals surface area contributed by atoms with Gasteiger partial charge in [0.25, 0.3) is 0 Å². The van der Waals surface area contributed by atoms with Crippen LogP contribution in [0, 0.1) is 0 Å². The molecule has 20 heavy (non-hydrogen) atoms. The Morgan fingerprint density at radius 1 is 1.05 bits per heavy atom. The Labute approximate surface area is 128 Å². The van der Waals surface area contributed by atoms with Crippen molar-refractivity contribution in [3.8, 4) is 0 Å². The molecule has 118 valence electrons. The molecular formula is C16H35NOSi2. The highest BCUT2D eigenvalue weighted by Gasteiger charge is 2.52. The van der Waals surface area contributed by atoms with Gasteiger partial charge in [0.2, 0.25) is 0 Å². The highest BCUT2D eigenvalue weighted by Crippen LogP contribution is 2.41. The molecule has 0 radical (unpaired) electrons. The van der Waals surface area contributed by atoms with E-state index in [2.05, 4.69) is 38.4 Å². The van der Waals surface area contributed by atoms with Gasteiger partial charge in [-0.05, 0) is 72.3 Å². The molecule has 2 aliphatic heterocycles. The molecule has 2 nitrogen and oxygen atoms in total. The third-order valence-electron chi connectivity index (χ3n) is 5.92. The Morgan fingerprint density at radius 2 is 1.70 bits per heavy atom. The zero-order valence-electron chi connectivity index (χ0n) is 14.4. The summed E-state index contributed by atoms with van der Waals surface area (Å²) in [7, 11) is -2.59. The third-order valence-corrected chi connectivity index (χ3v) is 23.2. The van der Waals surface area contributed by atoms with Crippen LogP contribution in [0.3, 0.4) is 0 Å². The van der Waals surface area contributed by atoms with Crippen LogP contribution in [-0.2, 0) is 4.43 Å². The lowest BCUT2D eigenvalue weighted by Gasteiger charge is -2.51. The second-order valence-corrected chi connectivity index (χ2v) is 23.0. The minimum atomic E-state index is -1.45. The maximum atomic E-state index is 6.61. The molecule has 4 heteroatoms. The average Bonchev–Trinajstić information content (AvgIpc) is 2.35. The van der Waals surface area contributed by atoms with Gasteiger partial charge in [0.15, 0.2) is 7.83 Å². The van der Waals surface area contributed by atoms with Gasteiger partial charge < -0.3 is 9.33 Å². The molecule has 0 aliphatic carbocycles. The molecule has 2 heterocycles. The van der Waals surface area contributed by atoms with Gasteiger partial charge in [-0.1, -0.05) is 25.1 Å². The van der Waals surface area contributed by atoms with Gasteiger partial charge in [0, 0.05) is 0 Å². The number of hydrogen-bond acceptors (Lipinski definition) is 2. The van der Waals surface area contributed by atoms with E-state index in [1.54, 1.807) is 0 Å². The predicted octanol–water partition coefficient (Wildman–Crippen LogP) is 4.42. The standard InChI is InChI=1S/C16H35NOSi2/c1-16(2)10-15-20(5,19(3,4)18-16)14-9-13-17-11-7-6-8-12-17/h6-15H2,1-5H3. The topological polar surface area (TPSA) is 12.5 Å². The van der Waals surface area contributed by atoms with Crippen LogP contribution in [0.5, 0.6) is 0 Å². The molecule has 2 aliphatic rings. The van der Waals surface area contributed by atoms with Gasteiger partial charge >= 0.3 is 0 Å². The molecule has 0 bridgehead atoms. The summed E-state index contributed by atoms with van der Waals surface area (Å²) in [6.45, 7) is 16.3. The molecule has 0 spiro atoms. The Hall–Kier alpha value is 0.354. The summed E-state index contributed by atoms with van der Waals surface area (Å²) in [4.78, 5) is 2.70. The molecule has 2 saturated heterocycles. The lowest BCUT2D eigenvalue weighted by Crippen LogP contribution is -2.65. The van der Waals surface area contributed by atoms with Crippen LogP contribution in [0.15, 0.2) is 0 Å². The number of piperidine rings is 1. The molecular weight excluding hydrogens is 278 g/mol. The molecule has 0 amide bonds. The van der Waals surface area contributed by atoms with E-state index in [9.17, 15) is 0 Å². The summed E-state index contributed by atoms with van der Waals surface area (Å²) >= 11 is 0.